The van der Waals surface area contributed by atoms with E-state index in [-0.39, 0.29) is 0 Å². The summed E-state index contributed by atoms with van der Waals surface area (Å²) in [6.45, 7) is 0. The molecule has 7 heteroatoms. The summed E-state index contributed by atoms with van der Waals surface area (Å²) in [6.07, 6.45) is -3.33. The Balaban J connectivity index is 3.32. The van der Waals surface area contributed by atoms with Gasteiger partial charge in [0.05, 0.1) is 0 Å². The zero-order chi connectivity index (χ0) is 10.9. The lowest BCUT2D eigenvalue weighted by Gasteiger charge is -2.03. The minimum absolute atomic E-state index is 0.361. The Bertz CT molecular complexity index is 359. The Kier molecular flexibility index (Phi) is 3.05. The van der Waals surface area contributed by atoms with Gasteiger partial charge in [-0.1, -0.05) is 0 Å². The van der Waals surface area contributed by atoms with Crippen molar-refractivity contribution in [3.8, 4) is 0 Å². The van der Waals surface area contributed by atoms with Crippen molar-refractivity contribution >= 4 is 16.8 Å². The van der Waals surface area contributed by atoms with Crippen LogP contribution in [0.15, 0.2) is 6.07 Å². The molecular weight excluding hydrogens is 226 g/mol. The van der Waals surface area contributed by atoms with Crippen molar-refractivity contribution in [3.05, 3.63) is 29.1 Å². The maximum absolute atomic E-state index is 12.8. The van der Waals surface area contributed by atoms with Crippen molar-refractivity contribution in [1.29, 1.82) is 0 Å². The highest BCUT2D eigenvalue weighted by molar-refractivity contribution is 6.67. The second kappa shape index (κ2) is 3.91. The van der Waals surface area contributed by atoms with Crippen molar-refractivity contribution in [2.24, 2.45) is 0 Å². The van der Waals surface area contributed by atoms with Gasteiger partial charge in [0.1, 0.15) is 17.1 Å². The van der Waals surface area contributed by atoms with Crippen LogP contribution in [0.2, 0.25) is 0 Å². The standard InChI is InChI=1S/C7H2ClF4NO/c8-5(14)3-1-2(9)4(6(10)11)7(12)13-3/h1,6H. The zero-order valence-corrected chi connectivity index (χ0v) is 7.16. The minimum Gasteiger partial charge on any atom is -0.274 e. The monoisotopic (exact) mass is 227 g/mol. The Labute approximate surface area is 80.5 Å². The molecule has 0 unspecified atom stereocenters. The average Bonchev–Trinajstić information content (AvgIpc) is 2.01. The fraction of sp³-hybridized carbons (Fsp3) is 0.143. The molecule has 2 nitrogen and oxygen atoms in total. The number of alkyl halides is 2. The zero-order valence-electron chi connectivity index (χ0n) is 6.40. The Morgan fingerprint density at radius 2 is 2.00 bits per heavy atom. The van der Waals surface area contributed by atoms with Gasteiger partial charge in [0.15, 0.2) is 0 Å². The van der Waals surface area contributed by atoms with E-state index in [1.165, 1.54) is 0 Å². The number of carbonyl (C=O) groups is 1. The predicted molar refractivity (Wildman–Crippen MR) is 39.3 cm³/mol. The number of pyridine rings is 1. The molecule has 0 N–H and O–H groups in total. The quantitative estimate of drug-likeness (QED) is 0.442. The Hall–Kier alpha value is -1.17. The predicted octanol–water partition coefficient (Wildman–Crippen LogP) is 2.68. The van der Waals surface area contributed by atoms with E-state index in [4.69, 9.17) is 11.6 Å². The molecule has 0 radical (unpaired) electrons. The van der Waals surface area contributed by atoms with E-state index in [1.54, 1.807) is 0 Å². The number of hydrogen-bond acceptors (Lipinski definition) is 2. The molecule has 0 spiro atoms. The molecule has 0 atom stereocenters. The van der Waals surface area contributed by atoms with Crippen LogP contribution in [-0.4, -0.2) is 10.2 Å². The lowest BCUT2D eigenvalue weighted by atomic mass is 10.2. The number of rotatable bonds is 2. The van der Waals surface area contributed by atoms with E-state index in [9.17, 15) is 22.4 Å². The summed E-state index contributed by atoms with van der Waals surface area (Å²) < 4.78 is 49.4. The molecule has 14 heavy (non-hydrogen) atoms. The summed E-state index contributed by atoms with van der Waals surface area (Å²) in [7, 11) is 0. The number of aromatic nitrogens is 1. The van der Waals surface area contributed by atoms with Gasteiger partial charge in [-0.05, 0) is 11.6 Å². The molecule has 0 amide bonds. The Morgan fingerprint density at radius 1 is 1.43 bits per heavy atom. The number of hydrogen-bond donors (Lipinski definition) is 0. The molecule has 1 heterocycles. The van der Waals surface area contributed by atoms with Gasteiger partial charge in [-0.2, -0.15) is 4.39 Å². The molecule has 0 saturated heterocycles. The third-order valence-corrected chi connectivity index (χ3v) is 1.57. The van der Waals surface area contributed by atoms with E-state index < -0.39 is 34.7 Å². The molecule has 0 aliphatic heterocycles. The summed E-state index contributed by atoms with van der Waals surface area (Å²) in [4.78, 5) is 13.2. The van der Waals surface area contributed by atoms with Gasteiger partial charge in [-0.3, -0.25) is 4.79 Å². The van der Waals surface area contributed by atoms with Gasteiger partial charge in [0.25, 0.3) is 11.7 Å². The topological polar surface area (TPSA) is 30.0 Å². The molecule has 1 aromatic heterocycles. The summed E-state index contributed by atoms with van der Waals surface area (Å²) in [5.41, 5.74) is -2.21. The fourth-order valence-electron chi connectivity index (χ4n) is 0.790. The smallest absolute Gasteiger partial charge is 0.271 e. The van der Waals surface area contributed by atoms with Gasteiger partial charge >= 0.3 is 0 Å². The normalized spacial score (nSPS) is 10.7. The van der Waals surface area contributed by atoms with Gasteiger partial charge in [0.2, 0.25) is 5.95 Å². The highest BCUT2D eigenvalue weighted by atomic mass is 35.5. The minimum atomic E-state index is -3.33. The lowest BCUT2D eigenvalue weighted by Crippen LogP contribution is -2.05. The number of nitrogens with zero attached hydrogens (tertiary/aromatic N) is 1. The molecule has 0 bridgehead atoms. The van der Waals surface area contributed by atoms with E-state index >= 15 is 0 Å². The van der Waals surface area contributed by atoms with Crippen LogP contribution in [0.1, 0.15) is 22.5 Å². The van der Waals surface area contributed by atoms with Gasteiger partial charge in [-0.15, -0.1) is 0 Å². The van der Waals surface area contributed by atoms with E-state index in [0.29, 0.717) is 6.07 Å². The first kappa shape index (κ1) is 10.9. The summed E-state index contributed by atoms with van der Waals surface area (Å²) in [5, 5.41) is -1.22. The molecule has 0 aliphatic carbocycles. The van der Waals surface area contributed by atoms with E-state index in [0.717, 1.165) is 0 Å². The van der Waals surface area contributed by atoms with Crippen LogP contribution < -0.4 is 0 Å². The number of carbonyl (C=O) groups excluding carboxylic acids is 1. The van der Waals surface area contributed by atoms with Crippen LogP contribution in [0.5, 0.6) is 0 Å². The average molecular weight is 228 g/mol. The highest BCUT2D eigenvalue weighted by Gasteiger charge is 2.22. The second-order valence-corrected chi connectivity index (χ2v) is 2.61. The third kappa shape index (κ3) is 2.01. The van der Waals surface area contributed by atoms with Crippen molar-refractivity contribution in [2.45, 2.75) is 6.43 Å². The van der Waals surface area contributed by atoms with Crippen molar-refractivity contribution < 1.29 is 22.4 Å². The first-order valence-electron chi connectivity index (χ1n) is 3.27. The van der Waals surface area contributed by atoms with Crippen molar-refractivity contribution in [3.63, 3.8) is 0 Å². The van der Waals surface area contributed by atoms with Gasteiger partial charge < -0.3 is 0 Å². The first-order chi connectivity index (χ1) is 6.43. The van der Waals surface area contributed by atoms with Crippen LogP contribution in [0.4, 0.5) is 17.6 Å². The number of halogens is 5. The largest absolute Gasteiger partial charge is 0.274 e. The molecule has 0 saturated carbocycles. The Morgan fingerprint density at radius 3 is 2.36 bits per heavy atom. The van der Waals surface area contributed by atoms with E-state index in [1.807, 2.05) is 0 Å². The van der Waals surface area contributed by atoms with Crippen LogP contribution in [-0.2, 0) is 0 Å². The summed E-state index contributed by atoms with van der Waals surface area (Å²) in [5.74, 6) is -3.28. The first-order valence-corrected chi connectivity index (χ1v) is 3.65. The van der Waals surface area contributed by atoms with Crippen LogP contribution in [0, 0.1) is 11.8 Å². The van der Waals surface area contributed by atoms with Crippen LogP contribution in [0.3, 0.4) is 0 Å². The lowest BCUT2D eigenvalue weighted by molar-refractivity contribution is 0.107. The van der Waals surface area contributed by atoms with E-state index in [2.05, 4.69) is 4.98 Å². The maximum atomic E-state index is 12.8. The SMILES string of the molecule is O=C(Cl)c1cc(F)c(C(F)F)c(F)n1. The molecular formula is C7H2ClF4NO. The van der Waals surface area contributed by atoms with Crippen LogP contribution in [0.25, 0.3) is 0 Å². The van der Waals surface area contributed by atoms with Crippen LogP contribution >= 0.6 is 11.6 Å². The third-order valence-electron chi connectivity index (χ3n) is 1.38. The summed E-state index contributed by atoms with van der Waals surface area (Å²) in [6, 6.07) is 0.361. The van der Waals surface area contributed by atoms with Crippen molar-refractivity contribution in [1.82, 2.24) is 4.98 Å². The maximum Gasteiger partial charge on any atom is 0.271 e. The summed E-state index contributed by atoms with van der Waals surface area (Å²) >= 11 is 4.86. The molecule has 0 fully saturated rings. The molecule has 0 aromatic carbocycles. The fourth-order valence-corrected chi connectivity index (χ4v) is 0.886. The molecule has 1 rings (SSSR count). The van der Waals surface area contributed by atoms with Crippen molar-refractivity contribution in [2.75, 3.05) is 0 Å². The highest BCUT2D eigenvalue weighted by Crippen LogP contribution is 2.24. The van der Waals surface area contributed by atoms with Gasteiger partial charge in [-0.25, -0.2) is 18.2 Å². The molecule has 1 aromatic rings. The van der Waals surface area contributed by atoms with Gasteiger partial charge in [0, 0.05) is 6.07 Å². The molecule has 76 valence electrons. The second-order valence-electron chi connectivity index (χ2n) is 2.27. The molecule has 0 aliphatic rings.